The fourth-order valence-electron chi connectivity index (χ4n) is 2.43. The zero-order valence-electron chi connectivity index (χ0n) is 11.9. The molecule has 2 rings (SSSR count). The number of carboxylic acids is 1. The molecule has 2 heterocycles. The van der Waals surface area contributed by atoms with Crippen molar-refractivity contribution in [3.8, 4) is 0 Å². The summed E-state index contributed by atoms with van der Waals surface area (Å²) in [5, 5.41) is 16.1. The second-order valence-corrected chi connectivity index (χ2v) is 5.19. The van der Waals surface area contributed by atoms with E-state index in [2.05, 4.69) is 10.4 Å². The first-order valence-electron chi connectivity index (χ1n) is 6.47. The zero-order chi connectivity index (χ0) is 14.9. The van der Waals surface area contributed by atoms with Crippen molar-refractivity contribution in [2.45, 2.75) is 32.2 Å². The molecule has 1 aromatic heterocycles. The van der Waals surface area contributed by atoms with Gasteiger partial charge in [0.05, 0.1) is 18.7 Å². The minimum Gasteiger partial charge on any atom is -0.479 e. The Kier molecular flexibility index (Phi) is 3.80. The number of aliphatic carboxylic acids is 1. The van der Waals surface area contributed by atoms with Gasteiger partial charge in [0.1, 0.15) is 0 Å². The van der Waals surface area contributed by atoms with Crippen molar-refractivity contribution in [2.24, 2.45) is 7.05 Å². The van der Waals surface area contributed by atoms with Gasteiger partial charge in [0.15, 0.2) is 5.54 Å². The van der Waals surface area contributed by atoms with Gasteiger partial charge in [-0.05, 0) is 13.8 Å². The number of carbonyl (C=O) groups excluding carboxylic acids is 1. The molecule has 0 saturated carbocycles. The maximum atomic E-state index is 12.1. The van der Waals surface area contributed by atoms with E-state index in [-0.39, 0.29) is 18.9 Å². The average Bonchev–Trinajstić information content (AvgIpc) is 2.92. The van der Waals surface area contributed by atoms with E-state index < -0.39 is 11.5 Å². The molecule has 1 atom stereocenters. The van der Waals surface area contributed by atoms with Crippen LogP contribution in [0.1, 0.15) is 23.4 Å². The number of aryl methyl sites for hydroxylation is 2. The largest absolute Gasteiger partial charge is 0.479 e. The number of carboxylic acid groups (broad SMARTS) is 1. The highest BCUT2D eigenvalue weighted by Crippen LogP contribution is 2.20. The van der Waals surface area contributed by atoms with Crippen molar-refractivity contribution in [1.29, 1.82) is 0 Å². The number of amides is 1. The zero-order valence-corrected chi connectivity index (χ0v) is 11.9. The third-order valence-corrected chi connectivity index (χ3v) is 3.81. The maximum Gasteiger partial charge on any atom is 0.331 e. The number of ether oxygens (including phenoxy) is 1. The summed E-state index contributed by atoms with van der Waals surface area (Å²) in [7, 11) is 1.81. The lowest BCUT2D eigenvalue weighted by molar-refractivity contribution is -0.147. The quantitative estimate of drug-likeness (QED) is 0.806. The number of aromatic nitrogens is 2. The van der Waals surface area contributed by atoms with Gasteiger partial charge in [-0.15, -0.1) is 0 Å². The molecule has 1 fully saturated rings. The molecule has 0 aromatic carbocycles. The van der Waals surface area contributed by atoms with Gasteiger partial charge in [0.2, 0.25) is 5.91 Å². The molecule has 2 N–H and O–H groups in total. The van der Waals surface area contributed by atoms with Crippen LogP contribution >= 0.6 is 0 Å². The number of hydrogen-bond donors (Lipinski definition) is 2. The number of nitrogens with zero attached hydrogens (tertiary/aromatic N) is 2. The fourth-order valence-corrected chi connectivity index (χ4v) is 2.43. The molecule has 1 aromatic rings. The van der Waals surface area contributed by atoms with Gasteiger partial charge in [-0.1, -0.05) is 0 Å². The van der Waals surface area contributed by atoms with Gasteiger partial charge in [-0.2, -0.15) is 5.10 Å². The van der Waals surface area contributed by atoms with Crippen LogP contribution in [0.4, 0.5) is 0 Å². The summed E-state index contributed by atoms with van der Waals surface area (Å²) >= 11 is 0. The van der Waals surface area contributed by atoms with Crippen LogP contribution in [-0.2, 0) is 27.8 Å². The molecule has 7 heteroatoms. The van der Waals surface area contributed by atoms with Crippen molar-refractivity contribution in [2.75, 3.05) is 13.2 Å². The van der Waals surface area contributed by atoms with Crippen LogP contribution in [0.25, 0.3) is 0 Å². The van der Waals surface area contributed by atoms with Gasteiger partial charge in [0, 0.05) is 31.3 Å². The van der Waals surface area contributed by atoms with E-state index in [0.717, 1.165) is 17.0 Å². The molecule has 0 spiro atoms. The van der Waals surface area contributed by atoms with Gasteiger partial charge < -0.3 is 15.2 Å². The van der Waals surface area contributed by atoms with E-state index in [1.807, 2.05) is 20.9 Å². The van der Waals surface area contributed by atoms with E-state index >= 15 is 0 Å². The Morgan fingerprint density at radius 3 is 2.65 bits per heavy atom. The SMILES string of the molecule is Cc1nn(C)c(C)c1CC(=O)NC1(C(=O)O)CCOC1. The van der Waals surface area contributed by atoms with E-state index in [9.17, 15) is 14.7 Å². The molecule has 1 saturated heterocycles. The van der Waals surface area contributed by atoms with Gasteiger partial charge in [-0.3, -0.25) is 9.48 Å². The maximum absolute atomic E-state index is 12.1. The number of rotatable bonds is 4. The third-order valence-electron chi connectivity index (χ3n) is 3.81. The summed E-state index contributed by atoms with van der Waals surface area (Å²) in [6.45, 7) is 4.08. The lowest BCUT2D eigenvalue weighted by Gasteiger charge is -2.23. The highest BCUT2D eigenvalue weighted by Gasteiger charge is 2.43. The summed E-state index contributed by atoms with van der Waals surface area (Å²) < 4.78 is 6.82. The van der Waals surface area contributed by atoms with Crippen molar-refractivity contribution in [3.05, 3.63) is 17.0 Å². The van der Waals surface area contributed by atoms with Crippen molar-refractivity contribution >= 4 is 11.9 Å². The Morgan fingerprint density at radius 2 is 2.20 bits per heavy atom. The monoisotopic (exact) mass is 281 g/mol. The van der Waals surface area contributed by atoms with Gasteiger partial charge in [0.25, 0.3) is 0 Å². The molecule has 20 heavy (non-hydrogen) atoms. The second kappa shape index (κ2) is 5.24. The van der Waals surface area contributed by atoms with E-state index in [0.29, 0.717) is 13.0 Å². The predicted molar refractivity (Wildman–Crippen MR) is 70.3 cm³/mol. The first-order chi connectivity index (χ1) is 9.35. The van der Waals surface area contributed by atoms with Crippen LogP contribution in [-0.4, -0.2) is 45.5 Å². The summed E-state index contributed by atoms with van der Waals surface area (Å²) in [6, 6.07) is 0. The van der Waals surface area contributed by atoms with Crippen LogP contribution < -0.4 is 5.32 Å². The summed E-state index contributed by atoms with van der Waals surface area (Å²) in [4.78, 5) is 23.5. The van der Waals surface area contributed by atoms with Gasteiger partial charge in [-0.25, -0.2) is 4.79 Å². The summed E-state index contributed by atoms with van der Waals surface area (Å²) in [5.41, 5.74) is 1.24. The topological polar surface area (TPSA) is 93.5 Å². The standard InChI is InChI=1S/C13H19N3O4/c1-8-10(9(2)16(3)15-8)6-11(17)14-13(12(18)19)4-5-20-7-13/h4-7H2,1-3H3,(H,14,17)(H,18,19). The highest BCUT2D eigenvalue weighted by molar-refractivity contribution is 5.88. The van der Waals surface area contributed by atoms with Crippen LogP contribution in [0.15, 0.2) is 0 Å². The van der Waals surface area contributed by atoms with Crippen LogP contribution in [0.5, 0.6) is 0 Å². The van der Waals surface area contributed by atoms with Crippen molar-refractivity contribution < 1.29 is 19.4 Å². The first kappa shape index (κ1) is 14.5. The second-order valence-electron chi connectivity index (χ2n) is 5.19. The third kappa shape index (κ3) is 2.53. The van der Waals surface area contributed by atoms with E-state index in [1.54, 1.807) is 4.68 Å². The van der Waals surface area contributed by atoms with Crippen molar-refractivity contribution in [1.82, 2.24) is 15.1 Å². The van der Waals surface area contributed by atoms with Crippen molar-refractivity contribution in [3.63, 3.8) is 0 Å². The lowest BCUT2D eigenvalue weighted by Crippen LogP contribution is -2.55. The number of hydrogen-bond acceptors (Lipinski definition) is 4. The predicted octanol–water partition coefficient (Wildman–Crippen LogP) is -0.0607. The highest BCUT2D eigenvalue weighted by atomic mass is 16.5. The van der Waals surface area contributed by atoms with Crippen LogP contribution in [0.3, 0.4) is 0 Å². The Hall–Kier alpha value is -1.89. The average molecular weight is 281 g/mol. The molecular formula is C13H19N3O4. The smallest absolute Gasteiger partial charge is 0.331 e. The van der Waals surface area contributed by atoms with E-state index in [4.69, 9.17) is 4.74 Å². The molecule has 1 aliphatic heterocycles. The molecule has 0 aliphatic carbocycles. The molecule has 1 aliphatic rings. The molecule has 0 bridgehead atoms. The normalized spacial score (nSPS) is 21.9. The van der Waals surface area contributed by atoms with Gasteiger partial charge >= 0.3 is 5.97 Å². The van der Waals surface area contributed by atoms with E-state index in [1.165, 1.54) is 0 Å². The molecule has 1 unspecified atom stereocenters. The fraction of sp³-hybridized carbons (Fsp3) is 0.615. The Balaban J connectivity index is 2.11. The first-order valence-corrected chi connectivity index (χ1v) is 6.47. The Morgan fingerprint density at radius 1 is 1.50 bits per heavy atom. The van der Waals surface area contributed by atoms with Crippen LogP contribution in [0, 0.1) is 13.8 Å². The molecule has 0 radical (unpaired) electrons. The minimum absolute atomic E-state index is 0.0130. The molecule has 110 valence electrons. The Bertz CT molecular complexity index is 544. The molecular weight excluding hydrogens is 262 g/mol. The summed E-state index contributed by atoms with van der Waals surface area (Å²) in [6.07, 6.45) is 0.416. The number of carbonyl (C=O) groups is 2. The number of nitrogens with one attached hydrogen (secondary N) is 1. The summed E-state index contributed by atoms with van der Waals surface area (Å²) in [5.74, 6) is -1.37. The Labute approximate surface area is 116 Å². The minimum atomic E-state index is -1.29. The molecule has 7 nitrogen and oxygen atoms in total. The van der Waals surface area contributed by atoms with Crippen LogP contribution in [0.2, 0.25) is 0 Å². The lowest BCUT2D eigenvalue weighted by atomic mass is 9.98. The molecule has 1 amide bonds.